The zero-order valence-corrected chi connectivity index (χ0v) is 11.7. The Morgan fingerprint density at radius 3 is 2.67 bits per heavy atom. The van der Waals surface area contributed by atoms with Gasteiger partial charge in [0.2, 0.25) is 5.75 Å². The Morgan fingerprint density at radius 1 is 1.33 bits per heavy atom. The molecule has 2 rings (SSSR count). The van der Waals surface area contributed by atoms with Crippen molar-refractivity contribution in [2.75, 3.05) is 5.32 Å². The zero-order chi connectivity index (χ0) is 15.6. The van der Waals surface area contributed by atoms with Gasteiger partial charge in [-0.2, -0.15) is 0 Å². The van der Waals surface area contributed by atoms with Crippen LogP contribution in [-0.4, -0.2) is 15.9 Å². The van der Waals surface area contributed by atoms with Crippen LogP contribution in [0.4, 0.5) is 11.4 Å². The van der Waals surface area contributed by atoms with Gasteiger partial charge in [0.25, 0.3) is 5.91 Å². The fraction of sp³-hybridized carbons (Fsp3) is 0.0714. The normalized spacial score (nSPS) is 10.2. The summed E-state index contributed by atoms with van der Waals surface area (Å²) in [4.78, 5) is 22.1. The quantitative estimate of drug-likeness (QED) is 0.670. The molecule has 0 aliphatic rings. The monoisotopic (exact) mass is 306 g/mol. The molecule has 0 atom stereocenters. The lowest BCUT2D eigenvalue weighted by Gasteiger charge is -2.08. The van der Waals surface area contributed by atoms with E-state index in [9.17, 15) is 20.0 Å². The molecule has 0 spiro atoms. The van der Waals surface area contributed by atoms with Crippen molar-refractivity contribution < 1.29 is 14.8 Å². The van der Waals surface area contributed by atoms with Gasteiger partial charge in [-0.25, -0.2) is 0 Å². The molecule has 108 valence electrons. The van der Waals surface area contributed by atoms with Crippen LogP contribution in [0.1, 0.15) is 15.9 Å². The number of nitro benzene ring substituents is 1. The number of rotatable bonds is 3. The number of anilines is 1. The first kappa shape index (κ1) is 14.8. The summed E-state index contributed by atoms with van der Waals surface area (Å²) in [5.74, 6) is -1.39. The third-order valence-corrected chi connectivity index (χ3v) is 2.99. The second-order valence-electron chi connectivity index (χ2n) is 4.40. The van der Waals surface area contributed by atoms with E-state index in [1.54, 1.807) is 18.2 Å². The van der Waals surface area contributed by atoms with Crippen molar-refractivity contribution >= 4 is 28.9 Å². The Balaban J connectivity index is 2.37. The highest BCUT2D eigenvalue weighted by Crippen LogP contribution is 2.33. The Labute approximate surface area is 125 Å². The topological polar surface area (TPSA) is 92.5 Å². The molecule has 2 aromatic carbocycles. The lowest BCUT2D eigenvalue weighted by atomic mass is 10.1. The lowest BCUT2D eigenvalue weighted by molar-refractivity contribution is -0.385. The fourth-order valence-corrected chi connectivity index (χ4v) is 2.03. The largest absolute Gasteiger partial charge is 0.502 e. The lowest BCUT2D eigenvalue weighted by Crippen LogP contribution is -2.12. The number of phenolic OH excluding ortho intramolecular Hbond substituents is 1. The molecule has 0 heterocycles. The first-order valence-electron chi connectivity index (χ1n) is 5.93. The standard InChI is InChI=1S/C14H11ClN2O4/c1-8-3-2-4-10(5-8)16-14(19)11-6-9(15)7-12(13(11)18)17(20)21/h2-7,18H,1H3,(H,16,19). The number of carbonyl (C=O) groups excluding carboxylic acids is 1. The third kappa shape index (κ3) is 3.29. The summed E-state index contributed by atoms with van der Waals surface area (Å²) in [6.45, 7) is 1.86. The number of halogens is 1. The maximum absolute atomic E-state index is 12.1. The number of hydrogen-bond donors (Lipinski definition) is 2. The number of nitrogens with zero attached hydrogens (tertiary/aromatic N) is 1. The van der Waals surface area contributed by atoms with Crippen LogP contribution in [0.5, 0.6) is 5.75 Å². The third-order valence-electron chi connectivity index (χ3n) is 2.77. The van der Waals surface area contributed by atoms with Crippen LogP contribution in [0, 0.1) is 17.0 Å². The van der Waals surface area contributed by atoms with Crippen molar-refractivity contribution in [2.45, 2.75) is 6.92 Å². The smallest absolute Gasteiger partial charge is 0.313 e. The number of aromatic hydroxyl groups is 1. The summed E-state index contributed by atoms with van der Waals surface area (Å²) in [5, 5.41) is 23.2. The Hall–Kier alpha value is -2.60. The highest BCUT2D eigenvalue weighted by atomic mass is 35.5. The molecule has 0 bridgehead atoms. The van der Waals surface area contributed by atoms with Crippen molar-refractivity contribution in [1.29, 1.82) is 0 Å². The van der Waals surface area contributed by atoms with E-state index < -0.39 is 22.3 Å². The van der Waals surface area contributed by atoms with E-state index in [0.29, 0.717) is 5.69 Å². The van der Waals surface area contributed by atoms with Crippen LogP contribution in [-0.2, 0) is 0 Å². The van der Waals surface area contributed by atoms with Crippen molar-refractivity contribution in [3.63, 3.8) is 0 Å². The predicted octanol–water partition coefficient (Wildman–Crippen LogP) is 3.51. The second kappa shape index (κ2) is 5.80. The van der Waals surface area contributed by atoms with Gasteiger partial charge in [0.05, 0.1) is 10.5 Å². The molecule has 7 heteroatoms. The van der Waals surface area contributed by atoms with Crippen LogP contribution in [0.15, 0.2) is 36.4 Å². The summed E-state index contributed by atoms with van der Waals surface area (Å²) < 4.78 is 0. The number of phenols is 1. The maximum Gasteiger partial charge on any atom is 0.313 e. The number of amides is 1. The molecule has 6 nitrogen and oxygen atoms in total. The summed E-state index contributed by atoms with van der Waals surface area (Å²) in [6.07, 6.45) is 0. The summed E-state index contributed by atoms with van der Waals surface area (Å²) in [6, 6.07) is 9.17. The van der Waals surface area contributed by atoms with E-state index in [-0.39, 0.29) is 10.6 Å². The molecular formula is C14H11ClN2O4. The average Bonchev–Trinajstić information content (AvgIpc) is 2.40. The number of nitro groups is 1. The highest BCUT2D eigenvalue weighted by molar-refractivity contribution is 6.31. The SMILES string of the molecule is Cc1cccc(NC(=O)c2cc(Cl)cc([N+](=O)[O-])c2O)c1. The summed E-state index contributed by atoms with van der Waals surface area (Å²) in [7, 11) is 0. The molecule has 0 fully saturated rings. The van der Waals surface area contributed by atoms with Gasteiger partial charge in [-0.15, -0.1) is 0 Å². The summed E-state index contributed by atoms with van der Waals surface area (Å²) in [5.41, 5.74) is 0.587. The number of nitrogens with one attached hydrogen (secondary N) is 1. The maximum atomic E-state index is 12.1. The molecule has 0 aliphatic carbocycles. The minimum atomic E-state index is -0.801. The van der Waals surface area contributed by atoms with Crippen LogP contribution < -0.4 is 5.32 Å². The van der Waals surface area contributed by atoms with Gasteiger partial charge in [-0.1, -0.05) is 23.7 Å². The van der Waals surface area contributed by atoms with Gasteiger partial charge in [-0.05, 0) is 30.7 Å². The van der Waals surface area contributed by atoms with Gasteiger partial charge in [0.1, 0.15) is 0 Å². The molecule has 0 radical (unpaired) electrons. The Morgan fingerprint density at radius 2 is 2.05 bits per heavy atom. The minimum Gasteiger partial charge on any atom is -0.502 e. The van der Waals surface area contributed by atoms with Crippen LogP contribution in [0.3, 0.4) is 0 Å². The molecule has 0 saturated carbocycles. The Kier molecular flexibility index (Phi) is 4.09. The molecule has 0 aliphatic heterocycles. The first-order valence-corrected chi connectivity index (χ1v) is 6.31. The molecule has 0 unspecified atom stereocenters. The number of hydrogen-bond acceptors (Lipinski definition) is 4. The van der Waals surface area contributed by atoms with Crippen molar-refractivity contribution in [1.82, 2.24) is 0 Å². The highest BCUT2D eigenvalue weighted by Gasteiger charge is 2.23. The van der Waals surface area contributed by atoms with Gasteiger partial charge in [0, 0.05) is 16.8 Å². The van der Waals surface area contributed by atoms with Crippen molar-refractivity contribution in [2.24, 2.45) is 0 Å². The fourth-order valence-electron chi connectivity index (χ4n) is 1.82. The number of benzene rings is 2. The van der Waals surface area contributed by atoms with E-state index in [0.717, 1.165) is 11.6 Å². The van der Waals surface area contributed by atoms with E-state index in [1.165, 1.54) is 6.07 Å². The van der Waals surface area contributed by atoms with Crippen LogP contribution in [0.2, 0.25) is 5.02 Å². The predicted molar refractivity (Wildman–Crippen MR) is 78.9 cm³/mol. The zero-order valence-electron chi connectivity index (χ0n) is 11.0. The molecular weight excluding hydrogens is 296 g/mol. The first-order chi connectivity index (χ1) is 9.88. The Bertz CT molecular complexity index is 731. The molecule has 1 amide bonds. The van der Waals surface area contributed by atoms with Gasteiger partial charge >= 0.3 is 5.69 Å². The molecule has 0 saturated heterocycles. The van der Waals surface area contributed by atoms with Gasteiger partial charge in [0.15, 0.2) is 0 Å². The van der Waals surface area contributed by atoms with Crippen LogP contribution in [0.25, 0.3) is 0 Å². The number of carbonyl (C=O) groups is 1. The molecule has 0 aromatic heterocycles. The van der Waals surface area contributed by atoms with Gasteiger partial charge in [-0.3, -0.25) is 14.9 Å². The second-order valence-corrected chi connectivity index (χ2v) is 4.84. The van der Waals surface area contributed by atoms with E-state index in [1.807, 2.05) is 13.0 Å². The van der Waals surface area contributed by atoms with E-state index >= 15 is 0 Å². The average molecular weight is 307 g/mol. The summed E-state index contributed by atoms with van der Waals surface area (Å²) >= 11 is 5.74. The molecule has 2 aromatic rings. The van der Waals surface area contributed by atoms with E-state index in [2.05, 4.69) is 5.32 Å². The van der Waals surface area contributed by atoms with Crippen molar-refractivity contribution in [3.8, 4) is 5.75 Å². The van der Waals surface area contributed by atoms with E-state index in [4.69, 9.17) is 11.6 Å². The van der Waals surface area contributed by atoms with Crippen LogP contribution >= 0.6 is 11.6 Å². The van der Waals surface area contributed by atoms with Gasteiger partial charge < -0.3 is 10.4 Å². The minimum absolute atomic E-state index is 0.00566. The molecule has 21 heavy (non-hydrogen) atoms. The van der Waals surface area contributed by atoms with Crippen molar-refractivity contribution in [3.05, 3.63) is 62.7 Å². The molecule has 2 N–H and O–H groups in total. The number of aryl methyl sites for hydroxylation is 1.